The molecule has 3 aromatic carbocycles. The van der Waals surface area contributed by atoms with E-state index in [1.54, 1.807) is 30.5 Å². The van der Waals surface area contributed by atoms with Crippen molar-refractivity contribution in [1.29, 1.82) is 0 Å². The monoisotopic (exact) mass is 413 g/mol. The van der Waals surface area contributed by atoms with E-state index in [4.69, 9.17) is 0 Å². The van der Waals surface area contributed by atoms with E-state index in [0.717, 1.165) is 16.5 Å². The summed E-state index contributed by atoms with van der Waals surface area (Å²) in [6.07, 6.45) is 2.87. The van der Waals surface area contributed by atoms with Crippen LogP contribution in [0, 0.1) is 0 Å². The highest BCUT2D eigenvalue weighted by atomic mass is 16.2. The number of hydrogen-bond donors (Lipinski definition) is 2. The molecule has 0 radical (unpaired) electrons. The van der Waals surface area contributed by atoms with Gasteiger partial charge in [0.2, 0.25) is 5.91 Å². The summed E-state index contributed by atoms with van der Waals surface area (Å²) in [7, 11) is 0. The van der Waals surface area contributed by atoms with Gasteiger partial charge in [-0.1, -0.05) is 54.6 Å². The van der Waals surface area contributed by atoms with E-state index < -0.39 is 6.04 Å². The third-order valence-electron chi connectivity index (χ3n) is 5.13. The third kappa shape index (κ3) is 5.14. The summed E-state index contributed by atoms with van der Waals surface area (Å²) in [5.74, 6) is -0.523. The van der Waals surface area contributed by atoms with Gasteiger partial charge in [-0.15, -0.1) is 0 Å². The summed E-state index contributed by atoms with van der Waals surface area (Å²) in [5.41, 5.74) is 3.11. The van der Waals surface area contributed by atoms with Crippen LogP contribution >= 0.6 is 0 Å². The van der Waals surface area contributed by atoms with E-state index in [0.29, 0.717) is 24.1 Å². The molecule has 1 heterocycles. The zero-order valence-corrected chi connectivity index (χ0v) is 17.0. The molecular weight excluding hydrogens is 386 g/mol. The number of hydrogen-bond acceptors (Lipinski definition) is 3. The smallest absolute Gasteiger partial charge is 0.251 e. The minimum Gasteiger partial charge on any atom is -0.340 e. The zero-order valence-electron chi connectivity index (χ0n) is 17.0. The molecule has 0 fully saturated rings. The van der Waals surface area contributed by atoms with Crippen LogP contribution in [0.4, 0.5) is 5.69 Å². The Hall–Kier alpha value is -3.99. The lowest BCUT2D eigenvalue weighted by molar-refractivity contribution is -0.118. The summed E-state index contributed by atoms with van der Waals surface area (Å²) in [5, 5.41) is 6.75. The molecule has 0 aliphatic heterocycles. The van der Waals surface area contributed by atoms with Crippen LogP contribution in [-0.2, 0) is 11.2 Å². The predicted molar refractivity (Wildman–Crippen MR) is 127 cm³/mol. The number of nitrogens with one attached hydrogen (secondary N) is 2. The number of pyridine rings is 1. The minimum absolute atomic E-state index is 0. The molecule has 158 valence electrons. The van der Waals surface area contributed by atoms with Crippen LogP contribution in [0.25, 0.3) is 10.9 Å². The van der Waals surface area contributed by atoms with Crippen molar-refractivity contribution in [3.63, 3.8) is 0 Å². The highest BCUT2D eigenvalue weighted by Gasteiger charge is 2.22. The van der Waals surface area contributed by atoms with E-state index in [1.807, 2.05) is 66.7 Å². The largest absolute Gasteiger partial charge is 0.340 e. The van der Waals surface area contributed by atoms with Gasteiger partial charge < -0.3 is 10.6 Å². The molecule has 0 saturated carbocycles. The Morgan fingerprint density at radius 3 is 2.35 bits per heavy atom. The average Bonchev–Trinajstić information content (AvgIpc) is 2.83. The molecule has 1 unspecified atom stereocenters. The molecule has 4 rings (SSSR count). The number of fused-ring (bicyclic) bond motifs is 1. The van der Waals surface area contributed by atoms with Gasteiger partial charge in [0, 0.05) is 20.0 Å². The molecule has 2 N–H and O–H groups in total. The first kappa shape index (κ1) is 20.3. The number of carbonyl (C=O) groups excluding carboxylic acids is 2. The summed E-state index contributed by atoms with van der Waals surface area (Å²) in [6.45, 7) is 0. The van der Waals surface area contributed by atoms with Crippen LogP contribution < -0.4 is 10.6 Å². The van der Waals surface area contributed by atoms with Crippen molar-refractivity contribution in [2.45, 2.75) is 18.9 Å². The molecule has 1 aromatic heterocycles. The van der Waals surface area contributed by atoms with Crippen LogP contribution in [0.2, 0.25) is 0 Å². The maximum Gasteiger partial charge on any atom is 0.251 e. The first-order valence-electron chi connectivity index (χ1n) is 10.2. The minimum atomic E-state index is -0.681. The Labute approximate surface area is 184 Å². The second kappa shape index (κ2) is 9.67. The molecular formula is C26H27N3O2. The van der Waals surface area contributed by atoms with Gasteiger partial charge in [0.05, 0.1) is 11.2 Å². The van der Waals surface area contributed by atoms with Crippen molar-refractivity contribution in [1.82, 2.24) is 10.3 Å². The Bertz CT molecular complexity index is 1180. The van der Waals surface area contributed by atoms with E-state index in [1.165, 1.54) is 0 Å². The Kier molecular flexibility index (Phi) is 6.33. The van der Waals surface area contributed by atoms with Crippen molar-refractivity contribution in [2.24, 2.45) is 0 Å². The number of carbonyl (C=O) groups is 2. The van der Waals surface area contributed by atoms with Crippen LogP contribution in [0.15, 0.2) is 97.2 Å². The lowest BCUT2D eigenvalue weighted by Gasteiger charge is -2.19. The fraction of sp³-hybridized carbons (Fsp3) is 0.115. The molecule has 5 heteroatoms. The van der Waals surface area contributed by atoms with Crippen molar-refractivity contribution in [3.05, 3.63) is 108 Å². The number of aryl methyl sites for hydroxylation is 1. The van der Waals surface area contributed by atoms with Gasteiger partial charge in [0.15, 0.2) is 0 Å². The van der Waals surface area contributed by atoms with E-state index in [9.17, 15) is 9.59 Å². The highest BCUT2D eigenvalue weighted by Crippen LogP contribution is 2.21. The number of rotatable bonds is 7. The van der Waals surface area contributed by atoms with Gasteiger partial charge in [0.25, 0.3) is 5.91 Å². The second-order valence-corrected chi connectivity index (χ2v) is 7.28. The first-order chi connectivity index (χ1) is 15.2. The van der Waals surface area contributed by atoms with E-state index in [2.05, 4.69) is 15.6 Å². The summed E-state index contributed by atoms with van der Waals surface area (Å²) < 4.78 is 0. The normalized spacial score (nSPS) is 11.6. The molecule has 1 atom stereocenters. The Morgan fingerprint density at radius 2 is 1.58 bits per heavy atom. The maximum absolute atomic E-state index is 13.2. The highest BCUT2D eigenvalue weighted by molar-refractivity contribution is 6.05. The zero-order chi connectivity index (χ0) is 21.5. The van der Waals surface area contributed by atoms with Gasteiger partial charge in [-0.25, -0.2) is 0 Å². The number of anilines is 1. The fourth-order valence-corrected chi connectivity index (χ4v) is 3.49. The predicted octanol–water partition coefficient (Wildman–Crippen LogP) is 5.10. The van der Waals surface area contributed by atoms with E-state index >= 15 is 0 Å². The standard InChI is InChI=1S/C26H23N3O2.2H2/c30-25(20-11-5-2-6-12-20)29-24(17-16-19-9-3-1-4-10-19)26(31)28-23-15-7-14-22-21(23)13-8-18-27-22;;/h1-15,18,24H,16-17H2,(H,28,31)(H,29,30);2*1H. The lowest BCUT2D eigenvalue weighted by Crippen LogP contribution is -2.44. The van der Waals surface area contributed by atoms with Gasteiger partial charge in [-0.05, 0) is 54.8 Å². The number of nitrogens with zero attached hydrogens (tertiary/aromatic N) is 1. The van der Waals surface area contributed by atoms with Crippen LogP contribution in [0.1, 0.15) is 25.2 Å². The van der Waals surface area contributed by atoms with Gasteiger partial charge in [-0.3, -0.25) is 14.6 Å². The lowest BCUT2D eigenvalue weighted by atomic mass is 10.0. The van der Waals surface area contributed by atoms with Crippen molar-refractivity contribution < 1.29 is 12.4 Å². The SMILES string of the molecule is O=C(NC(CCc1ccccc1)C(=O)Nc1cccc2ncccc12)c1ccccc1.[HH].[HH]. The van der Waals surface area contributed by atoms with Crippen LogP contribution in [-0.4, -0.2) is 22.8 Å². The molecule has 0 saturated heterocycles. The molecule has 4 aromatic rings. The van der Waals surface area contributed by atoms with Gasteiger partial charge >= 0.3 is 0 Å². The van der Waals surface area contributed by atoms with E-state index in [-0.39, 0.29) is 14.7 Å². The van der Waals surface area contributed by atoms with Crippen LogP contribution in [0.3, 0.4) is 0 Å². The van der Waals surface area contributed by atoms with Gasteiger partial charge in [0.1, 0.15) is 6.04 Å². The summed E-state index contributed by atoms with van der Waals surface area (Å²) in [4.78, 5) is 30.3. The Balaban J connectivity index is 0.00000193. The third-order valence-corrected chi connectivity index (χ3v) is 5.13. The fourth-order valence-electron chi connectivity index (χ4n) is 3.49. The number of benzene rings is 3. The molecule has 31 heavy (non-hydrogen) atoms. The van der Waals surface area contributed by atoms with Gasteiger partial charge in [-0.2, -0.15) is 0 Å². The summed E-state index contributed by atoms with van der Waals surface area (Å²) >= 11 is 0. The number of aromatic nitrogens is 1. The van der Waals surface area contributed by atoms with Crippen molar-refractivity contribution in [3.8, 4) is 0 Å². The first-order valence-corrected chi connectivity index (χ1v) is 10.2. The topological polar surface area (TPSA) is 71.1 Å². The van der Waals surface area contributed by atoms with Crippen LogP contribution in [0.5, 0.6) is 0 Å². The second-order valence-electron chi connectivity index (χ2n) is 7.28. The molecule has 2 amide bonds. The quantitative estimate of drug-likeness (QED) is 0.443. The number of amides is 2. The molecule has 0 aliphatic carbocycles. The maximum atomic E-state index is 13.2. The molecule has 0 bridgehead atoms. The molecule has 0 spiro atoms. The Morgan fingerprint density at radius 1 is 0.839 bits per heavy atom. The summed E-state index contributed by atoms with van der Waals surface area (Å²) in [6, 6.07) is 27.5. The average molecular weight is 414 g/mol. The van der Waals surface area contributed by atoms with Crippen molar-refractivity contribution in [2.75, 3.05) is 5.32 Å². The molecule has 5 nitrogen and oxygen atoms in total. The van der Waals surface area contributed by atoms with Crippen molar-refractivity contribution >= 4 is 28.4 Å². The molecule has 0 aliphatic rings.